The van der Waals surface area contributed by atoms with Crippen molar-refractivity contribution in [2.24, 2.45) is 5.92 Å². The fourth-order valence-corrected chi connectivity index (χ4v) is 4.21. The van der Waals surface area contributed by atoms with Crippen LogP contribution in [-0.4, -0.2) is 38.2 Å². The third-order valence-electron chi connectivity index (χ3n) is 5.39. The van der Waals surface area contributed by atoms with Gasteiger partial charge in [-0.1, -0.05) is 18.0 Å². The van der Waals surface area contributed by atoms with Crippen LogP contribution < -0.4 is 0 Å². The van der Waals surface area contributed by atoms with Gasteiger partial charge in [0.05, 0.1) is 6.54 Å². The Morgan fingerprint density at radius 2 is 2.04 bits per heavy atom. The maximum atomic E-state index is 13.0. The highest BCUT2D eigenvalue weighted by molar-refractivity contribution is 5.74. The molecule has 1 saturated carbocycles. The van der Waals surface area contributed by atoms with E-state index >= 15 is 0 Å². The van der Waals surface area contributed by atoms with Crippen molar-refractivity contribution in [3.63, 3.8) is 0 Å². The smallest absolute Gasteiger partial charge is 0.320 e. The molecule has 0 amide bonds. The molecule has 25 heavy (non-hydrogen) atoms. The molecule has 1 aliphatic heterocycles. The van der Waals surface area contributed by atoms with E-state index in [0.29, 0.717) is 36.2 Å². The minimum absolute atomic E-state index is 0.274. The first-order valence-corrected chi connectivity index (χ1v) is 8.69. The SMILES string of the molecule is O=C(O)[C@@H]1C[C@H]2CCCC[C@H]2N1Cc1nc(-c2ccc(F)cc2)no1. The van der Waals surface area contributed by atoms with E-state index in [0.717, 1.165) is 19.3 Å². The Morgan fingerprint density at radius 1 is 1.28 bits per heavy atom. The number of nitrogens with zero attached hydrogens (tertiary/aromatic N) is 3. The minimum atomic E-state index is -0.785. The molecule has 0 spiro atoms. The minimum Gasteiger partial charge on any atom is -0.480 e. The fourth-order valence-electron chi connectivity index (χ4n) is 4.21. The zero-order chi connectivity index (χ0) is 17.4. The van der Waals surface area contributed by atoms with Crippen molar-refractivity contribution < 1.29 is 18.8 Å². The van der Waals surface area contributed by atoms with Crippen LogP contribution in [0.3, 0.4) is 0 Å². The van der Waals surface area contributed by atoms with Gasteiger partial charge in [-0.15, -0.1) is 0 Å². The summed E-state index contributed by atoms with van der Waals surface area (Å²) in [6.07, 6.45) is 5.12. The summed E-state index contributed by atoms with van der Waals surface area (Å²) in [7, 11) is 0. The van der Waals surface area contributed by atoms with Gasteiger partial charge in [0.25, 0.3) is 0 Å². The number of benzene rings is 1. The van der Waals surface area contributed by atoms with Gasteiger partial charge in [0.15, 0.2) is 0 Å². The second-order valence-electron chi connectivity index (χ2n) is 6.89. The molecule has 1 aromatic carbocycles. The maximum absolute atomic E-state index is 13.0. The van der Waals surface area contributed by atoms with Crippen LogP contribution in [0.4, 0.5) is 4.39 Å². The molecule has 1 aliphatic carbocycles. The standard InChI is InChI=1S/C18H20FN3O3/c19-13-7-5-11(6-8-13)17-20-16(25-21-17)10-22-14-4-2-1-3-12(14)9-15(22)18(23)24/h5-8,12,14-15H,1-4,9-10H2,(H,23,24)/t12-,14-,15+/m1/s1. The highest BCUT2D eigenvalue weighted by Crippen LogP contribution is 2.40. The van der Waals surface area contributed by atoms with Crippen LogP contribution in [-0.2, 0) is 11.3 Å². The predicted octanol–water partition coefficient (Wildman–Crippen LogP) is 3.09. The summed E-state index contributed by atoms with van der Waals surface area (Å²) in [6, 6.07) is 5.66. The highest BCUT2D eigenvalue weighted by atomic mass is 19.1. The van der Waals surface area contributed by atoms with Gasteiger partial charge in [0.2, 0.25) is 11.7 Å². The number of carboxylic acids is 1. The van der Waals surface area contributed by atoms with Crippen LogP contribution in [0, 0.1) is 11.7 Å². The number of rotatable bonds is 4. The van der Waals surface area contributed by atoms with E-state index in [1.165, 1.54) is 18.6 Å². The average molecular weight is 345 g/mol. The zero-order valence-electron chi connectivity index (χ0n) is 13.8. The summed E-state index contributed by atoms with van der Waals surface area (Å²) in [4.78, 5) is 18.0. The lowest BCUT2D eigenvalue weighted by atomic mass is 9.85. The summed E-state index contributed by atoms with van der Waals surface area (Å²) in [5, 5.41) is 13.5. The fraction of sp³-hybridized carbons (Fsp3) is 0.500. The highest BCUT2D eigenvalue weighted by Gasteiger charge is 2.45. The number of likely N-dealkylation sites (tertiary alicyclic amines) is 1. The normalized spacial score (nSPS) is 26.5. The molecule has 4 rings (SSSR count). The number of aromatic nitrogens is 2. The second-order valence-corrected chi connectivity index (χ2v) is 6.89. The van der Waals surface area contributed by atoms with Crippen molar-refractivity contribution >= 4 is 5.97 Å². The lowest BCUT2D eigenvalue weighted by Crippen LogP contribution is -2.41. The van der Waals surface area contributed by atoms with E-state index in [1.807, 2.05) is 4.90 Å². The van der Waals surface area contributed by atoms with Crippen molar-refractivity contribution in [3.8, 4) is 11.4 Å². The summed E-state index contributed by atoms with van der Waals surface area (Å²) in [5.41, 5.74) is 0.670. The maximum Gasteiger partial charge on any atom is 0.320 e. The van der Waals surface area contributed by atoms with Crippen molar-refractivity contribution in [2.75, 3.05) is 0 Å². The molecule has 6 nitrogen and oxygen atoms in total. The van der Waals surface area contributed by atoms with Crippen LogP contribution in [0.2, 0.25) is 0 Å². The van der Waals surface area contributed by atoms with Crippen LogP contribution in [0.25, 0.3) is 11.4 Å². The van der Waals surface area contributed by atoms with Crippen LogP contribution in [0.5, 0.6) is 0 Å². The molecule has 0 bridgehead atoms. The number of fused-ring (bicyclic) bond motifs is 1. The first-order valence-electron chi connectivity index (χ1n) is 8.69. The first kappa shape index (κ1) is 16.2. The van der Waals surface area contributed by atoms with Crippen LogP contribution in [0.1, 0.15) is 38.0 Å². The monoisotopic (exact) mass is 345 g/mol. The largest absolute Gasteiger partial charge is 0.480 e. The van der Waals surface area contributed by atoms with Crippen molar-refractivity contribution in [2.45, 2.75) is 50.7 Å². The Kier molecular flexibility index (Phi) is 4.25. The lowest BCUT2D eigenvalue weighted by Gasteiger charge is -2.31. The van der Waals surface area contributed by atoms with Crippen LogP contribution >= 0.6 is 0 Å². The quantitative estimate of drug-likeness (QED) is 0.917. The van der Waals surface area contributed by atoms with Gasteiger partial charge in [-0.25, -0.2) is 4.39 Å². The summed E-state index contributed by atoms with van der Waals surface area (Å²) in [5.74, 6) is 0.122. The van der Waals surface area contributed by atoms with Crippen molar-refractivity contribution in [1.82, 2.24) is 15.0 Å². The molecule has 132 valence electrons. The summed E-state index contributed by atoms with van der Waals surface area (Å²) < 4.78 is 18.4. The summed E-state index contributed by atoms with van der Waals surface area (Å²) in [6.45, 7) is 0.340. The molecule has 2 fully saturated rings. The van der Waals surface area contributed by atoms with E-state index in [2.05, 4.69) is 10.1 Å². The second kappa shape index (κ2) is 6.55. The third kappa shape index (κ3) is 3.16. The molecule has 1 N–H and O–H groups in total. The third-order valence-corrected chi connectivity index (χ3v) is 5.39. The molecule has 3 atom stereocenters. The number of aliphatic carboxylic acids is 1. The molecule has 0 radical (unpaired) electrons. The molecule has 1 saturated heterocycles. The Morgan fingerprint density at radius 3 is 2.80 bits per heavy atom. The van der Waals surface area contributed by atoms with Gasteiger partial charge < -0.3 is 9.63 Å². The Balaban J connectivity index is 1.54. The molecular formula is C18H20FN3O3. The van der Waals surface area contributed by atoms with E-state index in [4.69, 9.17) is 4.52 Å². The van der Waals surface area contributed by atoms with Gasteiger partial charge in [-0.05, 0) is 49.4 Å². The Labute approximate surface area is 144 Å². The number of hydrogen-bond donors (Lipinski definition) is 1. The lowest BCUT2D eigenvalue weighted by molar-refractivity contribution is -0.143. The predicted molar refractivity (Wildman–Crippen MR) is 87.0 cm³/mol. The molecule has 0 unspecified atom stereocenters. The van der Waals surface area contributed by atoms with Crippen molar-refractivity contribution in [3.05, 3.63) is 36.0 Å². The topological polar surface area (TPSA) is 79.5 Å². The number of carboxylic acid groups (broad SMARTS) is 1. The van der Waals surface area contributed by atoms with E-state index < -0.39 is 12.0 Å². The molecule has 2 heterocycles. The molecule has 2 aliphatic rings. The zero-order valence-corrected chi connectivity index (χ0v) is 13.8. The van der Waals surface area contributed by atoms with Crippen molar-refractivity contribution in [1.29, 1.82) is 0 Å². The number of halogens is 1. The molecule has 1 aromatic heterocycles. The number of hydrogen-bond acceptors (Lipinski definition) is 5. The van der Waals surface area contributed by atoms with Gasteiger partial charge >= 0.3 is 5.97 Å². The van der Waals surface area contributed by atoms with Gasteiger partial charge in [-0.3, -0.25) is 9.69 Å². The summed E-state index contributed by atoms with van der Waals surface area (Å²) >= 11 is 0. The van der Waals surface area contributed by atoms with E-state index in [-0.39, 0.29) is 11.9 Å². The molecule has 2 aromatic rings. The number of carbonyl (C=O) groups is 1. The Hall–Kier alpha value is -2.28. The molecule has 7 heteroatoms. The van der Waals surface area contributed by atoms with E-state index in [9.17, 15) is 14.3 Å². The average Bonchev–Trinajstić information content (AvgIpc) is 3.21. The first-order chi connectivity index (χ1) is 12.1. The van der Waals surface area contributed by atoms with Gasteiger partial charge in [0, 0.05) is 11.6 Å². The van der Waals surface area contributed by atoms with E-state index in [1.54, 1.807) is 12.1 Å². The van der Waals surface area contributed by atoms with Crippen LogP contribution in [0.15, 0.2) is 28.8 Å². The van der Waals surface area contributed by atoms with Gasteiger partial charge in [0.1, 0.15) is 11.9 Å². The Bertz CT molecular complexity index is 761. The van der Waals surface area contributed by atoms with Gasteiger partial charge in [-0.2, -0.15) is 4.98 Å². The molecular weight excluding hydrogens is 325 g/mol.